The van der Waals surface area contributed by atoms with Gasteiger partial charge in [0.25, 0.3) is 5.69 Å². The Labute approximate surface area is 154 Å². The SMILES string of the molecule is COc1ccc(NC(=O)NC[C@@H](CC(C)C)N2CCCC2)c([N+](=O)[O-])c1. The van der Waals surface area contributed by atoms with E-state index in [1.165, 1.54) is 32.1 Å². The third-order valence-corrected chi connectivity index (χ3v) is 4.55. The minimum absolute atomic E-state index is 0.148. The summed E-state index contributed by atoms with van der Waals surface area (Å²) in [7, 11) is 1.44. The van der Waals surface area contributed by atoms with Crippen LogP contribution >= 0.6 is 0 Å². The normalized spacial score (nSPS) is 15.7. The first kappa shape index (κ1) is 20.0. The molecule has 1 aliphatic rings. The highest BCUT2D eigenvalue weighted by molar-refractivity contribution is 5.92. The van der Waals surface area contributed by atoms with Gasteiger partial charge in [-0.15, -0.1) is 0 Å². The highest BCUT2D eigenvalue weighted by atomic mass is 16.6. The Morgan fingerprint density at radius 1 is 1.35 bits per heavy atom. The molecule has 2 rings (SSSR count). The van der Waals surface area contributed by atoms with Crippen LogP contribution in [0, 0.1) is 16.0 Å². The topological polar surface area (TPSA) is 96.7 Å². The molecule has 1 aromatic carbocycles. The summed E-state index contributed by atoms with van der Waals surface area (Å²) in [5.41, 5.74) is -0.0485. The van der Waals surface area contributed by atoms with Crippen LogP contribution in [0.4, 0.5) is 16.2 Å². The van der Waals surface area contributed by atoms with Gasteiger partial charge >= 0.3 is 6.03 Å². The van der Waals surface area contributed by atoms with Gasteiger partial charge in [-0.2, -0.15) is 0 Å². The number of amides is 2. The lowest BCUT2D eigenvalue weighted by atomic mass is 10.0. The van der Waals surface area contributed by atoms with Crippen LogP contribution in [0.5, 0.6) is 5.75 Å². The molecule has 0 aliphatic carbocycles. The number of anilines is 1. The van der Waals surface area contributed by atoms with Crippen LogP contribution in [0.15, 0.2) is 18.2 Å². The molecule has 0 saturated carbocycles. The number of carbonyl (C=O) groups excluding carboxylic acids is 1. The smallest absolute Gasteiger partial charge is 0.319 e. The number of hydrogen-bond acceptors (Lipinski definition) is 5. The fourth-order valence-corrected chi connectivity index (χ4v) is 3.28. The third kappa shape index (κ3) is 5.59. The number of hydrogen-bond donors (Lipinski definition) is 2. The number of ether oxygens (including phenoxy) is 1. The van der Waals surface area contributed by atoms with Gasteiger partial charge in [0.1, 0.15) is 11.4 Å². The summed E-state index contributed by atoms with van der Waals surface area (Å²) < 4.78 is 5.00. The maximum Gasteiger partial charge on any atom is 0.319 e. The molecule has 1 saturated heterocycles. The lowest BCUT2D eigenvalue weighted by Gasteiger charge is -2.29. The van der Waals surface area contributed by atoms with Gasteiger partial charge in [-0.25, -0.2) is 4.79 Å². The predicted octanol–water partition coefficient (Wildman–Crippen LogP) is 3.24. The van der Waals surface area contributed by atoms with Crippen LogP contribution in [0.25, 0.3) is 0 Å². The number of benzene rings is 1. The lowest BCUT2D eigenvalue weighted by molar-refractivity contribution is -0.384. The minimum atomic E-state index is -0.538. The van der Waals surface area contributed by atoms with Crippen LogP contribution < -0.4 is 15.4 Å². The molecule has 8 nitrogen and oxygen atoms in total. The van der Waals surface area contributed by atoms with Gasteiger partial charge in [-0.3, -0.25) is 15.0 Å². The number of nitro benzene ring substituents is 1. The molecular formula is C18H28N4O4. The molecule has 1 atom stereocenters. The lowest BCUT2D eigenvalue weighted by Crippen LogP contribution is -2.44. The van der Waals surface area contributed by atoms with E-state index >= 15 is 0 Å². The van der Waals surface area contributed by atoms with Crippen molar-refractivity contribution in [3.05, 3.63) is 28.3 Å². The molecule has 8 heteroatoms. The summed E-state index contributed by atoms with van der Waals surface area (Å²) in [6, 6.07) is 4.19. The van der Waals surface area contributed by atoms with E-state index in [-0.39, 0.29) is 17.4 Å². The first-order valence-corrected chi connectivity index (χ1v) is 9.02. The van der Waals surface area contributed by atoms with Gasteiger partial charge in [0.05, 0.1) is 18.1 Å². The van der Waals surface area contributed by atoms with Crippen molar-refractivity contribution < 1.29 is 14.5 Å². The molecule has 0 radical (unpaired) electrons. The second-order valence-electron chi connectivity index (χ2n) is 7.00. The summed E-state index contributed by atoms with van der Waals surface area (Å²) in [5.74, 6) is 0.904. The zero-order valence-electron chi connectivity index (χ0n) is 15.7. The van der Waals surface area contributed by atoms with Gasteiger partial charge in [0, 0.05) is 12.6 Å². The number of methoxy groups -OCH3 is 1. The van der Waals surface area contributed by atoms with E-state index in [4.69, 9.17) is 4.74 Å². The number of likely N-dealkylation sites (tertiary alicyclic amines) is 1. The molecule has 2 amide bonds. The maximum atomic E-state index is 12.3. The Morgan fingerprint density at radius 2 is 2.04 bits per heavy atom. The molecule has 0 aromatic heterocycles. The van der Waals surface area contributed by atoms with Crippen LogP contribution in [-0.2, 0) is 0 Å². The molecular weight excluding hydrogens is 336 g/mol. The Morgan fingerprint density at radius 3 is 2.62 bits per heavy atom. The highest BCUT2D eigenvalue weighted by Crippen LogP contribution is 2.28. The molecule has 2 N–H and O–H groups in total. The summed E-state index contributed by atoms with van der Waals surface area (Å²) in [4.78, 5) is 25.3. The Balaban J connectivity index is 1.97. The molecule has 1 heterocycles. The van der Waals surface area contributed by atoms with Gasteiger partial charge in [0.15, 0.2) is 0 Å². The maximum absolute atomic E-state index is 12.3. The van der Waals surface area contributed by atoms with Gasteiger partial charge in [-0.05, 0) is 50.4 Å². The molecule has 1 aliphatic heterocycles. The van der Waals surface area contributed by atoms with E-state index in [1.807, 2.05) is 0 Å². The van der Waals surface area contributed by atoms with Crippen molar-refractivity contribution in [2.24, 2.45) is 5.92 Å². The number of nitro groups is 1. The quantitative estimate of drug-likeness (QED) is 0.545. The molecule has 0 unspecified atom stereocenters. The second kappa shape index (κ2) is 9.38. The van der Waals surface area contributed by atoms with Crippen LogP contribution in [0.2, 0.25) is 0 Å². The Bertz CT molecular complexity index is 630. The van der Waals surface area contributed by atoms with Crippen molar-refractivity contribution >= 4 is 17.4 Å². The van der Waals surface area contributed by atoms with Crippen LogP contribution in [0.3, 0.4) is 0 Å². The molecule has 0 spiro atoms. The van der Waals surface area contributed by atoms with E-state index < -0.39 is 11.0 Å². The largest absolute Gasteiger partial charge is 0.496 e. The summed E-state index contributed by atoms with van der Waals surface area (Å²) in [6.07, 6.45) is 3.39. The van der Waals surface area contributed by atoms with Crippen molar-refractivity contribution in [2.75, 3.05) is 32.1 Å². The zero-order valence-corrected chi connectivity index (χ0v) is 15.7. The number of urea groups is 1. The number of carbonyl (C=O) groups is 1. The number of nitrogens with one attached hydrogen (secondary N) is 2. The Kier molecular flexibility index (Phi) is 7.20. The average molecular weight is 364 g/mol. The molecule has 0 bridgehead atoms. The van der Waals surface area contributed by atoms with Crippen molar-refractivity contribution in [2.45, 2.75) is 39.2 Å². The fraction of sp³-hybridized carbons (Fsp3) is 0.611. The average Bonchev–Trinajstić information content (AvgIpc) is 3.13. The van der Waals surface area contributed by atoms with Gasteiger partial charge < -0.3 is 15.4 Å². The number of nitrogens with zero attached hydrogens (tertiary/aromatic N) is 2. The summed E-state index contributed by atoms with van der Waals surface area (Å²) >= 11 is 0. The molecule has 1 aromatic rings. The summed E-state index contributed by atoms with van der Waals surface area (Å²) in [6.45, 7) is 6.98. The Hall–Kier alpha value is -2.35. The van der Waals surface area contributed by atoms with E-state index in [0.717, 1.165) is 19.5 Å². The van der Waals surface area contributed by atoms with Crippen LogP contribution in [0.1, 0.15) is 33.1 Å². The first-order chi connectivity index (χ1) is 12.4. The first-order valence-electron chi connectivity index (χ1n) is 9.02. The van der Waals surface area contributed by atoms with Gasteiger partial charge in [-0.1, -0.05) is 13.8 Å². The van der Waals surface area contributed by atoms with Crippen molar-refractivity contribution in [3.63, 3.8) is 0 Å². The summed E-state index contributed by atoms with van der Waals surface area (Å²) in [5, 5.41) is 16.6. The van der Waals surface area contributed by atoms with E-state index in [1.54, 1.807) is 6.07 Å². The highest BCUT2D eigenvalue weighted by Gasteiger charge is 2.24. The monoisotopic (exact) mass is 364 g/mol. The third-order valence-electron chi connectivity index (χ3n) is 4.55. The van der Waals surface area contributed by atoms with E-state index in [0.29, 0.717) is 18.2 Å². The standard InChI is InChI=1S/C18H28N4O4/c1-13(2)10-14(21-8-4-5-9-21)12-19-18(23)20-16-7-6-15(26-3)11-17(16)22(24)25/h6-7,11,13-14H,4-5,8-10,12H2,1-3H3,(H2,19,20,23)/t14-/m1/s1. The van der Waals surface area contributed by atoms with Gasteiger partial charge in [0.2, 0.25) is 0 Å². The fourth-order valence-electron chi connectivity index (χ4n) is 3.28. The van der Waals surface area contributed by atoms with Crippen molar-refractivity contribution in [1.82, 2.24) is 10.2 Å². The van der Waals surface area contributed by atoms with E-state index in [2.05, 4.69) is 29.4 Å². The van der Waals surface area contributed by atoms with E-state index in [9.17, 15) is 14.9 Å². The second-order valence-corrected chi connectivity index (χ2v) is 7.00. The van der Waals surface area contributed by atoms with Crippen LogP contribution in [-0.4, -0.2) is 48.6 Å². The van der Waals surface area contributed by atoms with Crippen molar-refractivity contribution in [1.29, 1.82) is 0 Å². The molecule has 26 heavy (non-hydrogen) atoms. The molecule has 144 valence electrons. The number of rotatable bonds is 8. The predicted molar refractivity (Wildman–Crippen MR) is 101 cm³/mol. The van der Waals surface area contributed by atoms with Crippen molar-refractivity contribution in [3.8, 4) is 5.75 Å². The minimum Gasteiger partial charge on any atom is -0.496 e. The molecule has 1 fully saturated rings. The zero-order chi connectivity index (χ0) is 19.1.